The maximum atomic E-state index is 6.90. The Hall–Kier alpha value is -5.67. The number of nitrogens with zero attached hydrogens (tertiary/aromatic N) is 1. The lowest BCUT2D eigenvalue weighted by Crippen LogP contribution is -2.09. The van der Waals surface area contributed by atoms with Gasteiger partial charge in [0.25, 0.3) is 0 Å². The summed E-state index contributed by atoms with van der Waals surface area (Å²) in [6.07, 6.45) is 8.97. The lowest BCUT2D eigenvalue weighted by atomic mass is 9.96. The summed E-state index contributed by atoms with van der Waals surface area (Å²) in [6.45, 7) is 4.25. The van der Waals surface area contributed by atoms with Gasteiger partial charge in [-0.3, -0.25) is 0 Å². The number of benzene rings is 7. The zero-order valence-electron chi connectivity index (χ0n) is 28.6. The molecule has 8 rings (SSSR count). The highest BCUT2D eigenvalue weighted by molar-refractivity contribution is 7.14. The van der Waals surface area contributed by atoms with Gasteiger partial charge < -0.3 is 4.90 Å². The third-order valence-electron chi connectivity index (χ3n) is 9.35. The molecule has 0 saturated carbocycles. The zero-order valence-corrected chi connectivity index (χ0v) is 30.1. The van der Waals surface area contributed by atoms with Crippen molar-refractivity contribution in [3.63, 3.8) is 0 Å². The Morgan fingerprint density at radius 2 is 0.980 bits per heavy atom. The first-order valence-corrected chi connectivity index (χ1v) is 18.4. The second-order valence-corrected chi connectivity index (χ2v) is 14.4. The van der Waals surface area contributed by atoms with Gasteiger partial charge in [0, 0.05) is 43.2 Å². The Labute approximate surface area is 309 Å². The summed E-state index contributed by atoms with van der Waals surface area (Å²) >= 11 is 8.70. The number of thiophene rings is 1. The van der Waals surface area contributed by atoms with E-state index in [0.29, 0.717) is 0 Å². The summed E-state index contributed by atoms with van der Waals surface area (Å²) < 4.78 is 0. The molecule has 0 spiro atoms. The largest absolute Gasteiger partial charge is 0.311 e. The molecule has 8 aromatic rings. The first-order chi connectivity index (χ1) is 25.0. The highest BCUT2D eigenvalue weighted by Gasteiger charge is 2.14. The number of rotatable bonds is 8. The molecule has 0 unspecified atom stereocenters. The SMILES string of the molecule is Cc1ccc(N(c2ccc(C)cc2)c2ccc(C=Cc3sc(C=Cc4c5ccccc5c(Cl)c5ccccc45)cc3-c3ccccc3)cc2)cc1. The molecular weight excluding hydrogens is 658 g/mol. The molecule has 1 heterocycles. The van der Waals surface area contributed by atoms with E-state index in [1.54, 1.807) is 11.3 Å². The minimum absolute atomic E-state index is 0.805. The predicted octanol–water partition coefficient (Wildman–Crippen LogP) is 14.8. The summed E-state index contributed by atoms with van der Waals surface area (Å²) in [4.78, 5) is 4.72. The maximum absolute atomic E-state index is 6.90. The van der Waals surface area contributed by atoms with E-state index < -0.39 is 0 Å². The van der Waals surface area contributed by atoms with Gasteiger partial charge >= 0.3 is 0 Å². The van der Waals surface area contributed by atoms with E-state index in [4.69, 9.17) is 11.6 Å². The van der Waals surface area contributed by atoms with Crippen LogP contribution in [0.4, 0.5) is 17.1 Å². The van der Waals surface area contributed by atoms with Gasteiger partial charge in [-0.2, -0.15) is 0 Å². The third-order valence-corrected chi connectivity index (χ3v) is 10.8. The number of hydrogen-bond acceptors (Lipinski definition) is 2. The van der Waals surface area contributed by atoms with Crippen LogP contribution < -0.4 is 4.90 Å². The van der Waals surface area contributed by atoms with Crippen molar-refractivity contribution in [1.82, 2.24) is 0 Å². The number of aryl methyl sites for hydroxylation is 2. The molecule has 0 aliphatic rings. The smallest absolute Gasteiger partial charge is 0.0563 e. The molecule has 3 heteroatoms. The minimum Gasteiger partial charge on any atom is -0.311 e. The van der Waals surface area contributed by atoms with Crippen LogP contribution in [0.2, 0.25) is 5.02 Å². The van der Waals surface area contributed by atoms with Crippen molar-refractivity contribution in [3.05, 3.63) is 195 Å². The lowest BCUT2D eigenvalue weighted by Gasteiger charge is -2.25. The van der Waals surface area contributed by atoms with Gasteiger partial charge in [0.05, 0.1) is 5.02 Å². The van der Waals surface area contributed by atoms with Gasteiger partial charge in [0.2, 0.25) is 0 Å². The van der Waals surface area contributed by atoms with E-state index in [1.807, 2.05) is 0 Å². The molecule has 0 fully saturated rings. The first-order valence-electron chi connectivity index (χ1n) is 17.2. The molecule has 1 aromatic heterocycles. The van der Waals surface area contributed by atoms with Crippen LogP contribution in [-0.4, -0.2) is 0 Å². The molecule has 51 heavy (non-hydrogen) atoms. The summed E-state index contributed by atoms with van der Waals surface area (Å²) in [7, 11) is 0. The van der Waals surface area contributed by atoms with Crippen molar-refractivity contribution in [2.75, 3.05) is 4.90 Å². The van der Waals surface area contributed by atoms with Gasteiger partial charge in [-0.15, -0.1) is 11.3 Å². The summed E-state index contributed by atoms with van der Waals surface area (Å²) in [5.41, 5.74) is 10.7. The van der Waals surface area contributed by atoms with Crippen LogP contribution in [0.1, 0.15) is 32.0 Å². The molecule has 7 aromatic carbocycles. The van der Waals surface area contributed by atoms with Crippen molar-refractivity contribution in [2.45, 2.75) is 13.8 Å². The Balaban J connectivity index is 1.14. The normalized spacial score (nSPS) is 11.7. The van der Waals surface area contributed by atoms with Gasteiger partial charge in [0.1, 0.15) is 0 Å². The van der Waals surface area contributed by atoms with E-state index in [1.165, 1.54) is 37.6 Å². The fourth-order valence-electron chi connectivity index (χ4n) is 6.67. The molecule has 0 bridgehead atoms. The third kappa shape index (κ3) is 6.77. The average molecular weight is 694 g/mol. The maximum Gasteiger partial charge on any atom is 0.0563 e. The van der Waals surface area contributed by atoms with Crippen LogP contribution in [0.25, 0.3) is 57.0 Å². The number of anilines is 3. The molecule has 0 saturated heterocycles. The average Bonchev–Trinajstić information content (AvgIpc) is 3.59. The van der Waals surface area contributed by atoms with Crippen molar-refractivity contribution >= 4 is 85.8 Å². The summed E-state index contributed by atoms with van der Waals surface area (Å²) in [5.74, 6) is 0. The Kier molecular flexibility index (Phi) is 9.11. The van der Waals surface area contributed by atoms with Crippen molar-refractivity contribution in [3.8, 4) is 11.1 Å². The number of fused-ring (bicyclic) bond motifs is 2. The second kappa shape index (κ2) is 14.3. The van der Waals surface area contributed by atoms with Crippen molar-refractivity contribution in [2.24, 2.45) is 0 Å². The fourth-order valence-corrected chi connectivity index (χ4v) is 7.99. The monoisotopic (exact) mass is 693 g/mol. The van der Waals surface area contributed by atoms with E-state index in [9.17, 15) is 0 Å². The minimum atomic E-state index is 0.805. The van der Waals surface area contributed by atoms with Crippen LogP contribution in [0.5, 0.6) is 0 Å². The highest BCUT2D eigenvalue weighted by Crippen LogP contribution is 2.39. The van der Waals surface area contributed by atoms with E-state index >= 15 is 0 Å². The summed E-state index contributed by atoms with van der Waals surface area (Å²) in [6, 6.07) is 56.0. The van der Waals surface area contributed by atoms with Gasteiger partial charge in [0.15, 0.2) is 0 Å². The fraction of sp³-hybridized carbons (Fsp3) is 0.0417. The van der Waals surface area contributed by atoms with Crippen LogP contribution in [0, 0.1) is 13.8 Å². The molecule has 246 valence electrons. The molecule has 0 aliphatic heterocycles. The van der Waals surface area contributed by atoms with Crippen LogP contribution in [-0.2, 0) is 0 Å². The van der Waals surface area contributed by atoms with E-state index in [2.05, 4.69) is 201 Å². The summed E-state index contributed by atoms with van der Waals surface area (Å²) in [5, 5.41) is 5.26. The predicted molar refractivity (Wildman–Crippen MR) is 225 cm³/mol. The number of hydrogen-bond donors (Lipinski definition) is 0. The van der Waals surface area contributed by atoms with Gasteiger partial charge in [-0.1, -0.05) is 150 Å². The standard InChI is InChI=1S/C48H36ClNS/c1-33-16-23-37(24-17-33)50(38-25-18-34(2)19-26-38)39-27-20-35(21-28-39)22-31-47-46(36-10-4-3-5-11-36)32-40(51-47)29-30-43-41-12-6-8-14-44(41)48(49)45-15-9-7-13-42(43)45/h3-32H,1-2H3. The van der Waals surface area contributed by atoms with Crippen LogP contribution in [0.3, 0.4) is 0 Å². The van der Waals surface area contributed by atoms with Gasteiger partial charge in [-0.05, 0) is 95.9 Å². The molecule has 0 aliphatic carbocycles. The van der Waals surface area contributed by atoms with Gasteiger partial charge in [-0.25, -0.2) is 0 Å². The van der Waals surface area contributed by atoms with Crippen LogP contribution in [0.15, 0.2) is 158 Å². The Bertz CT molecular complexity index is 2420. The lowest BCUT2D eigenvalue weighted by molar-refractivity contribution is 1.27. The Morgan fingerprint density at radius 3 is 1.53 bits per heavy atom. The first kappa shape index (κ1) is 32.5. The quantitative estimate of drug-likeness (QED) is 0.143. The van der Waals surface area contributed by atoms with Crippen molar-refractivity contribution in [1.29, 1.82) is 0 Å². The molecule has 0 amide bonds. The zero-order chi connectivity index (χ0) is 34.7. The van der Waals surface area contributed by atoms with Crippen LogP contribution >= 0.6 is 22.9 Å². The highest BCUT2D eigenvalue weighted by atomic mass is 35.5. The number of halogens is 1. The molecule has 1 nitrogen and oxygen atoms in total. The van der Waals surface area contributed by atoms with E-state index in [-0.39, 0.29) is 0 Å². The van der Waals surface area contributed by atoms with E-state index in [0.717, 1.165) is 49.2 Å². The van der Waals surface area contributed by atoms with Crippen molar-refractivity contribution < 1.29 is 0 Å². The second-order valence-electron chi connectivity index (χ2n) is 12.9. The molecule has 0 atom stereocenters. The molecule has 0 radical (unpaired) electrons. The topological polar surface area (TPSA) is 3.24 Å². The molecule has 0 N–H and O–H groups in total. The molecular formula is C48H36ClNS. The Morgan fingerprint density at radius 1 is 0.490 bits per heavy atom.